The highest BCUT2D eigenvalue weighted by molar-refractivity contribution is 7.93. The van der Waals surface area contributed by atoms with Crippen LogP contribution in [-0.2, 0) is 10.0 Å². The number of aromatic nitrogens is 1. The molecule has 0 atom stereocenters. The molecule has 4 aromatic rings. The van der Waals surface area contributed by atoms with E-state index in [4.69, 9.17) is 4.74 Å². The molecule has 0 unspecified atom stereocenters. The number of sulfonamides is 1. The monoisotopic (exact) mass is 482 g/mol. The summed E-state index contributed by atoms with van der Waals surface area (Å²) in [5.41, 5.74) is 2.78. The van der Waals surface area contributed by atoms with Crippen LogP contribution in [0.25, 0.3) is 10.2 Å². The van der Waals surface area contributed by atoms with Gasteiger partial charge in [-0.25, -0.2) is 18.2 Å². The summed E-state index contributed by atoms with van der Waals surface area (Å²) in [4.78, 5) is 16.9. The van der Waals surface area contributed by atoms with E-state index in [9.17, 15) is 13.2 Å². The molecule has 2 amide bonds. The van der Waals surface area contributed by atoms with Gasteiger partial charge in [0.2, 0.25) is 0 Å². The Morgan fingerprint density at radius 1 is 0.970 bits per heavy atom. The number of fused-ring (bicyclic) bond motifs is 1. The minimum atomic E-state index is -3.74. The van der Waals surface area contributed by atoms with E-state index >= 15 is 0 Å². The first-order valence-corrected chi connectivity index (χ1v) is 12.4. The summed E-state index contributed by atoms with van der Waals surface area (Å²) in [6.07, 6.45) is 0. The summed E-state index contributed by atoms with van der Waals surface area (Å²) in [7, 11) is -3.74. The summed E-state index contributed by atoms with van der Waals surface area (Å²) < 4.78 is 33.9. The number of amides is 2. The molecule has 0 saturated carbocycles. The van der Waals surface area contributed by atoms with Gasteiger partial charge in [-0.3, -0.25) is 4.72 Å². The fourth-order valence-electron chi connectivity index (χ4n) is 3.03. The summed E-state index contributed by atoms with van der Waals surface area (Å²) >= 11 is 1.19. The number of rotatable bonds is 7. The van der Waals surface area contributed by atoms with Crippen LogP contribution < -0.4 is 20.1 Å². The minimum Gasteiger partial charge on any atom is -0.494 e. The van der Waals surface area contributed by atoms with E-state index in [1.165, 1.54) is 11.3 Å². The largest absolute Gasteiger partial charge is 0.494 e. The molecule has 10 heteroatoms. The fraction of sp³-hybridized carbons (Fsp3) is 0.130. The zero-order valence-electron chi connectivity index (χ0n) is 18.0. The maximum absolute atomic E-state index is 12.6. The summed E-state index contributed by atoms with van der Waals surface area (Å²) in [5.74, 6) is 0.730. The van der Waals surface area contributed by atoms with Gasteiger partial charge in [-0.1, -0.05) is 29.0 Å². The maximum Gasteiger partial charge on any atom is 0.323 e. The third-order valence-corrected chi connectivity index (χ3v) is 7.04. The molecule has 0 aliphatic carbocycles. The van der Waals surface area contributed by atoms with E-state index in [1.807, 2.05) is 13.8 Å². The van der Waals surface area contributed by atoms with Gasteiger partial charge < -0.3 is 15.4 Å². The topological polar surface area (TPSA) is 109 Å². The zero-order valence-corrected chi connectivity index (χ0v) is 19.6. The van der Waals surface area contributed by atoms with Crippen LogP contribution in [0.5, 0.6) is 5.75 Å². The summed E-state index contributed by atoms with van der Waals surface area (Å²) in [6, 6.07) is 18.4. The van der Waals surface area contributed by atoms with Crippen LogP contribution in [0.1, 0.15) is 12.5 Å². The van der Waals surface area contributed by atoms with Gasteiger partial charge in [0.1, 0.15) is 5.75 Å². The van der Waals surface area contributed by atoms with Gasteiger partial charge in [0, 0.05) is 11.4 Å². The molecule has 3 aromatic carbocycles. The van der Waals surface area contributed by atoms with Crippen molar-refractivity contribution in [3.05, 3.63) is 72.3 Å². The van der Waals surface area contributed by atoms with Crippen LogP contribution in [0, 0.1) is 6.92 Å². The van der Waals surface area contributed by atoms with Crippen molar-refractivity contribution in [3.63, 3.8) is 0 Å². The van der Waals surface area contributed by atoms with Crippen LogP contribution in [-0.4, -0.2) is 26.0 Å². The first-order chi connectivity index (χ1) is 15.8. The highest BCUT2D eigenvalue weighted by atomic mass is 32.2. The summed E-state index contributed by atoms with van der Waals surface area (Å²) in [5, 5.41) is 5.78. The number of ether oxygens (including phenoxy) is 1. The van der Waals surface area contributed by atoms with Gasteiger partial charge in [0.25, 0.3) is 10.0 Å². The molecule has 0 bridgehead atoms. The Balaban J connectivity index is 1.44. The highest BCUT2D eigenvalue weighted by Gasteiger charge is 2.16. The average molecular weight is 483 g/mol. The molecule has 0 aliphatic heterocycles. The first-order valence-electron chi connectivity index (χ1n) is 10.1. The molecule has 0 aliphatic rings. The van der Waals surface area contributed by atoms with E-state index in [0.29, 0.717) is 23.5 Å². The molecule has 8 nitrogen and oxygen atoms in total. The number of benzene rings is 3. The Morgan fingerprint density at radius 2 is 1.64 bits per heavy atom. The third kappa shape index (κ3) is 5.60. The number of hydrogen-bond donors (Lipinski definition) is 3. The molecule has 33 heavy (non-hydrogen) atoms. The second kappa shape index (κ2) is 9.47. The van der Waals surface area contributed by atoms with Gasteiger partial charge in [0.15, 0.2) is 5.13 Å². The quantitative estimate of drug-likeness (QED) is 0.325. The van der Waals surface area contributed by atoms with Crippen molar-refractivity contribution in [3.8, 4) is 5.75 Å². The Labute approximate surface area is 195 Å². The molecule has 170 valence electrons. The van der Waals surface area contributed by atoms with Crippen LogP contribution in [0.3, 0.4) is 0 Å². The lowest BCUT2D eigenvalue weighted by Gasteiger charge is -2.08. The number of hydrogen-bond acceptors (Lipinski definition) is 6. The molecule has 0 fully saturated rings. The van der Waals surface area contributed by atoms with Crippen molar-refractivity contribution < 1.29 is 17.9 Å². The van der Waals surface area contributed by atoms with Crippen LogP contribution in [0.15, 0.2) is 71.6 Å². The van der Waals surface area contributed by atoms with Gasteiger partial charge in [-0.05, 0) is 68.4 Å². The van der Waals surface area contributed by atoms with Gasteiger partial charge in [-0.2, -0.15) is 0 Å². The molecular weight excluding hydrogens is 460 g/mol. The van der Waals surface area contributed by atoms with Crippen molar-refractivity contribution in [2.75, 3.05) is 22.0 Å². The molecule has 1 aromatic heterocycles. The molecule has 1 heterocycles. The van der Waals surface area contributed by atoms with Gasteiger partial charge in [-0.15, -0.1) is 0 Å². The Morgan fingerprint density at radius 3 is 2.33 bits per heavy atom. The van der Waals surface area contributed by atoms with Crippen LogP contribution in [0.2, 0.25) is 0 Å². The fourth-order valence-corrected chi connectivity index (χ4v) is 5.17. The number of thiazole rings is 1. The number of anilines is 3. The lowest BCUT2D eigenvalue weighted by molar-refractivity contribution is 0.262. The zero-order chi connectivity index (χ0) is 23.4. The standard InChI is InChI=1S/C23H22N4O4S2/c1-3-31-18-9-6-16(7-10-18)24-22(28)25-17-8-13-20-21(14-17)32-23(26-20)27-33(29,30)19-11-4-15(2)5-12-19/h4-14H,3H2,1-2H3,(H,26,27)(H2,24,25,28). The van der Waals surface area contributed by atoms with E-state index in [0.717, 1.165) is 16.0 Å². The van der Waals surface area contributed by atoms with E-state index in [2.05, 4.69) is 20.3 Å². The molecule has 0 saturated heterocycles. The molecular formula is C23H22N4O4S2. The van der Waals surface area contributed by atoms with Crippen molar-refractivity contribution in [2.24, 2.45) is 0 Å². The molecule has 3 N–H and O–H groups in total. The minimum absolute atomic E-state index is 0.167. The number of aryl methyl sites for hydroxylation is 1. The lowest BCUT2D eigenvalue weighted by Crippen LogP contribution is -2.19. The number of carbonyl (C=O) groups is 1. The van der Waals surface area contributed by atoms with Crippen LogP contribution in [0.4, 0.5) is 21.3 Å². The van der Waals surface area contributed by atoms with E-state index in [1.54, 1.807) is 66.7 Å². The first kappa shape index (κ1) is 22.6. The number of nitrogens with one attached hydrogen (secondary N) is 3. The third-order valence-electron chi connectivity index (χ3n) is 4.62. The SMILES string of the molecule is CCOc1ccc(NC(=O)Nc2ccc3nc(NS(=O)(=O)c4ccc(C)cc4)sc3c2)cc1. The number of carbonyl (C=O) groups excluding carboxylic acids is 1. The molecule has 4 rings (SSSR count). The highest BCUT2D eigenvalue weighted by Crippen LogP contribution is 2.30. The average Bonchev–Trinajstić information content (AvgIpc) is 3.16. The maximum atomic E-state index is 12.6. The number of nitrogens with zero attached hydrogens (tertiary/aromatic N) is 1. The Hall–Kier alpha value is -3.63. The normalized spacial score (nSPS) is 11.2. The van der Waals surface area contributed by atoms with Crippen molar-refractivity contribution in [1.82, 2.24) is 4.98 Å². The Bertz CT molecular complexity index is 1380. The second-order valence-electron chi connectivity index (χ2n) is 7.16. The predicted molar refractivity (Wildman–Crippen MR) is 132 cm³/mol. The smallest absolute Gasteiger partial charge is 0.323 e. The number of urea groups is 1. The van der Waals surface area contributed by atoms with Gasteiger partial charge in [0.05, 0.1) is 21.7 Å². The van der Waals surface area contributed by atoms with E-state index < -0.39 is 16.1 Å². The van der Waals surface area contributed by atoms with Crippen LogP contribution >= 0.6 is 11.3 Å². The van der Waals surface area contributed by atoms with Crippen molar-refractivity contribution in [1.29, 1.82) is 0 Å². The second-order valence-corrected chi connectivity index (χ2v) is 9.87. The van der Waals surface area contributed by atoms with Gasteiger partial charge >= 0.3 is 6.03 Å². The Kier molecular flexibility index (Phi) is 6.47. The molecule has 0 spiro atoms. The lowest BCUT2D eigenvalue weighted by atomic mass is 10.2. The van der Waals surface area contributed by atoms with Crippen molar-refractivity contribution in [2.45, 2.75) is 18.7 Å². The summed E-state index contributed by atoms with van der Waals surface area (Å²) in [6.45, 7) is 4.37. The van der Waals surface area contributed by atoms with Crippen molar-refractivity contribution >= 4 is 54.1 Å². The molecule has 0 radical (unpaired) electrons. The predicted octanol–water partition coefficient (Wildman–Crippen LogP) is 5.45. The van der Waals surface area contributed by atoms with E-state index in [-0.39, 0.29) is 10.0 Å².